The van der Waals surface area contributed by atoms with Crippen LogP contribution < -0.4 is 11.1 Å². The second-order valence-electron chi connectivity index (χ2n) is 5.71. The van der Waals surface area contributed by atoms with Crippen LogP contribution in [0.3, 0.4) is 0 Å². The third-order valence-electron chi connectivity index (χ3n) is 3.75. The molecule has 0 aliphatic heterocycles. The fraction of sp³-hybridized carbons (Fsp3) is 0.500. The normalized spacial score (nSPS) is 17.7. The first kappa shape index (κ1) is 16.3. The van der Waals surface area contributed by atoms with Crippen LogP contribution in [0, 0.1) is 0 Å². The summed E-state index contributed by atoms with van der Waals surface area (Å²) in [6.07, 6.45) is 5.05. The van der Waals surface area contributed by atoms with E-state index in [1.165, 1.54) is 18.2 Å². The Morgan fingerprint density at radius 2 is 2.00 bits per heavy atom. The number of hydrogen-bond donors (Lipinski definition) is 2. The molecule has 21 heavy (non-hydrogen) atoms. The number of anilines is 1. The smallest absolute Gasteiger partial charge is 0.226 e. The highest BCUT2D eigenvalue weighted by Crippen LogP contribution is 2.31. The number of carbonyl (C=O) groups is 1. The third kappa shape index (κ3) is 4.18. The summed E-state index contributed by atoms with van der Waals surface area (Å²) in [5, 5.41) is 2.96. The molecule has 0 bridgehead atoms. The Kier molecular flexibility index (Phi) is 4.60. The van der Waals surface area contributed by atoms with Gasteiger partial charge in [-0.3, -0.25) is 4.79 Å². The molecule has 2 rings (SSSR count). The van der Waals surface area contributed by atoms with Crippen LogP contribution in [0.4, 0.5) is 5.69 Å². The Bertz CT molecular complexity index is 652. The first-order chi connectivity index (χ1) is 9.70. The largest absolute Gasteiger partial charge is 0.325 e. The summed E-state index contributed by atoms with van der Waals surface area (Å²) < 4.78 is 23.1. The number of amides is 1. The number of rotatable bonds is 4. The second-order valence-corrected chi connectivity index (χ2v) is 8.13. The monoisotopic (exact) mass is 330 g/mol. The van der Waals surface area contributed by atoms with E-state index in [-0.39, 0.29) is 17.2 Å². The SMILES string of the molecule is CS(=O)(=O)c1ccc(Cl)c(NC(=O)CC2(N)CCCC2)c1. The van der Waals surface area contributed by atoms with Crippen molar-refractivity contribution in [1.29, 1.82) is 0 Å². The molecule has 1 aliphatic rings. The maximum Gasteiger partial charge on any atom is 0.226 e. The highest BCUT2D eigenvalue weighted by molar-refractivity contribution is 7.90. The highest BCUT2D eigenvalue weighted by atomic mass is 35.5. The minimum atomic E-state index is -3.35. The van der Waals surface area contributed by atoms with Crippen molar-refractivity contribution in [2.45, 2.75) is 42.5 Å². The van der Waals surface area contributed by atoms with Crippen molar-refractivity contribution < 1.29 is 13.2 Å². The molecule has 1 saturated carbocycles. The van der Waals surface area contributed by atoms with Crippen LogP contribution in [0.1, 0.15) is 32.1 Å². The number of nitrogens with two attached hydrogens (primary N) is 1. The molecular formula is C14H19ClN2O3S. The van der Waals surface area contributed by atoms with E-state index in [0.717, 1.165) is 31.9 Å². The summed E-state index contributed by atoms with van der Waals surface area (Å²) in [6.45, 7) is 0. The van der Waals surface area contributed by atoms with Crippen molar-refractivity contribution in [3.63, 3.8) is 0 Å². The number of nitrogens with one attached hydrogen (secondary N) is 1. The van der Waals surface area contributed by atoms with Crippen LogP contribution in [0.2, 0.25) is 5.02 Å². The lowest BCUT2D eigenvalue weighted by Crippen LogP contribution is -2.40. The average molecular weight is 331 g/mol. The number of benzene rings is 1. The van der Waals surface area contributed by atoms with Gasteiger partial charge in [0.1, 0.15) is 0 Å². The molecule has 0 atom stereocenters. The number of halogens is 1. The maximum absolute atomic E-state index is 12.1. The summed E-state index contributed by atoms with van der Waals surface area (Å²) in [5.41, 5.74) is 6.01. The van der Waals surface area contributed by atoms with Crippen LogP contribution in [0.15, 0.2) is 23.1 Å². The predicted molar refractivity (Wildman–Crippen MR) is 83.2 cm³/mol. The van der Waals surface area contributed by atoms with E-state index < -0.39 is 15.4 Å². The van der Waals surface area contributed by atoms with Gasteiger partial charge in [-0.15, -0.1) is 0 Å². The van der Waals surface area contributed by atoms with E-state index in [1.54, 1.807) is 0 Å². The molecule has 7 heteroatoms. The van der Waals surface area contributed by atoms with Gasteiger partial charge in [0.2, 0.25) is 5.91 Å². The van der Waals surface area contributed by atoms with Crippen LogP contribution >= 0.6 is 11.6 Å². The lowest BCUT2D eigenvalue weighted by molar-refractivity contribution is -0.117. The van der Waals surface area contributed by atoms with E-state index in [9.17, 15) is 13.2 Å². The zero-order valence-corrected chi connectivity index (χ0v) is 13.4. The Labute approximate surface area is 129 Å². The van der Waals surface area contributed by atoms with Gasteiger partial charge in [-0.2, -0.15) is 0 Å². The lowest BCUT2D eigenvalue weighted by atomic mass is 9.94. The molecule has 0 spiro atoms. The molecule has 1 aromatic carbocycles. The zero-order chi connectivity index (χ0) is 15.7. The Morgan fingerprint density at radius 3 is 2.57 bits per heavy atom. The fourth-order valence-electron chi connectivity index (χ4n) is 2.60. The minimum absolute atomic E-state index is 0.116. The molecule has 5 nitrogen and oxygen atoms in total. The molecule has 1 aliphatic carbocycles. The second kappa shape index (κ2) is 5.94. The molecule has 1 fully saturated rings. The van der Waals surface area contributed by atoms with Crippen LogP contribution in [0.5, 0.6) is 0 Å². The van der Waals surface area contributed by atoms with Crippen molar-refractivity contribution in [2.24, 2.45) is 5.73 Å². The standard InChI is InChI=1S/C14H19ClN2O3S/c1-21(19,20)10-4-5-11(15)12(8-10)17-13(18)9-14(16)6-2-3-7-14/h4-5,8H,2-3,6-7,9,16H2,1H3,(H,17,18). The van der Waals surface area contributed by atoms with E-state index >= 15 is 0 Å². The van der Waals surface area contributed by atoms with Gasteiger partial charge in [-0.25, -0.2) is 8.42 Å². The van der Waals surface area contributed by atoms with E-state index in [0.29, 0.717) is 10.7 Å². The van der Waals surface area contributed by atoms with Gasteiger partial charge in [-0.05, 0) is 31.0 Å². The summed E-state index contributed by atoms with van der Waals surface area (Å²) >= 11 is 6.00. The topological polar surface area (TPSA) is 89.3 Å². The Balaban J connectivity index is 2.13. The molecule has 0 unspecified atom stereocenters. The summed E-state index contributed by atoms with van der Waals surface area (Å²) in [5.74, 6) is -0.244. The van der Waals surface area contributed by atoms with Gasteiger partial charge < -0.3 is 11.1 Å². The fourth-order valence-corrected chi connectivity index (χ4v) is 3.41. The van der Waals surface area contributed by atoms with Gasteiger partial charge in [0.15, 0.2) is 9.84 Å². The summed E-state index contributed by atoms with van der Waals surface area (Å²) in [6, 6.07) is 4.24. The van der Waals surface area contributed by atoms with Gasteiger partial charge in [-0.1, -0.05) is 24.4 Å². The lowest BCUT2D eigenvalue weighted by Gasteiger charge is -2.22. The molecule has 0 heterocycles. The molecule has 0 radical (unpaired) electrons. The first-order valence-corrected chi connectivity index (χ1v) is 9.05. The molecule has 116 valence electrons. The highest BCUT2D eigenvalue weighted by Gasteiger charge is 2.31. The number of sulfone groups is 1. The maximum atomic E-state index is 12.1. The van der Waals surface area contributed by atoms with Crippen LogP contribution in [-0.2, 0) is 14.6 Å². The van der Waals surface area contributed by atoms with E-state index in [1.807, 2.05) is 0 Å². The quantitative estimate of drug-likeness (QED) is 0.886. The van der Waals surface area contributed by atoms with Crippen molar-refractivity contribution >= 4 is 33.0 Å². The number of hydrogen-bond acceptors (Lipinski definition) is 4. The van der Waals surface area contributed by atoms with Gasteiger partial charge in [0, 0.05) is 18.2 Å². The molecule has 1 aromatic rings. The molecule has 0 saturated heterocycles. The zero-order valence-electron chi connectivity index (χ0n) is 11.9. The van der Waals surface area contributed by atoms with Gasteiger partial charge >= 0.3 is 0 Å². The van der Waals surface area contributed by atoms with Crippen molar-refractivity contribution in [2.75, 3.05) is 11.6 Å². The Hall–Kier alpha value is -1.11. The van der Waals surface area contributed by atoms with E-state index in [4.69, 9.17) is 17.3 Å². The molecule has 0 aromatic heterocycles. The molecule has 1 amide bonds. The first-order valence-electron chi connectivity index (χ1n) is 6.78. The van der Waals surface area contributed by atoms with Crippen molar-refractivity contribution in [3.8, 4) is 0 Å². The van der Waals surface area contributed by atoms with Gasteiger partial charge in [0.05, 0.1) is 15.6 Å². The molecular weight excluding hydrogens is 312 g/mol. The third-order valence-corrected chi connectivity index (χ3v) is 5.19. The Morgan fingerprint density at radius 1 is 1.38 bits per heavy atom. The summed E-state index contributed by atoms with van der Waals surface area (Å²) in [7, 11) is -3.35. The van der Waals surface area contributed by atoms with Crippen molar-refractivity contribution in [1.82, 2.24) is 0 Å². The molecule has 3 N–H and O–H groups in total. The van der Waals surface area contributed by atoms with Crippen LogP contribution in [0.25, 0.3) is 0 Å². The predicted octanol–water partition coefficient (Wildman–Crippen LogP) is 2.34. The summed E-state index contributed by atoms with van der Waals surface area (Å²) in [4.78, 5) is 12.2. The van der Waals surface area contributed by atoms with Crippen LogP contribution in [-0.4, -0.2) is 26.1 Å². The van der Waals surface area contributed by atoms with Gasteiger partial charge in [0.25, 0.3) is 0 Å². The number of carbonyl (C=O) groups excluding carboxylic acids is 1. The average Bonchev–Trinajstić information content (AvgIpc) is 2.77. The van der Waals surface area contributed by atoms with Crippen molar-refractivity contribution in [3.05, 3.63) is 23.2 Å². The van der Waals surface area contributed by atoms with E-state index in [2.05, 4.69) is 5.32 Å². The minimum Gasteiger partial charge on any atom is -0.325 e.